The molecule has 1 aliphatic rings. The van der Waals surface area contributed by atoms with Crippen LogP contribution in [0.25, 0.3) is 0 Å². The monoisotopic (exact) mass is 262 g/mol. The second kappa shape index (κ2) is 5.16. The Labute approximate surface area is 110 Å². The van der Waals surface area contributed by atoms with Crippen molar-refractivity contribution in [2.45, 2.75) is 25.4 Å². The van der Waals surface area contributed by atoms with Gasteiger partial charge in [-0.2, -0.15) is 0 Å². The Balaban J connectivity index is 1.70. The average molecular weight is 262 g/mol. The maximum Gasteiger partial charge on any atom is 0.123 e. The van der Waals surface area contributed by atoms with Crippen molar-refractivity contribution in [2.75, 3.05) is 0 Å². The fourth-order valence-corrected chi connectivity index (χ4v) is 2.76. The van der Waals surface area contributed by atoms with E-state index in [1.807, 2.05) is 23.7 Å². The highest BCUT2D eigenvalue weighted by atomic mass is 32.1. The normalized spacial score (nSPS) is 16.7. The average Bonchev–Trinajstić information content (AvgIpc) is 3.08. The number of halogens is 1. The van der Waals surface area contributed by atoms with Crippen LogP contribution in [-0.4, -0.2) is 4.98 Å². The first-order valence-electron chi connectivity index (χ1n) is 6.20. The van der Waals surface area contributed by atoms with Crippen molar-refractivity contribution in [3.8, 4) is 0 Å². The van der Waals surface area contributed by atoms with Gasteiger partial charge in [-0.25, -0.2) is 9.37 Å². The second-order valence-corrected chi connectivity index (χ2v) is 5.65. The molecule has 18 heavy (non-hydrogen) atoms. The van der Waals surface area contributed by atoms with Gasteiger partial charge in [-0.1, -0.05) is 12.1 Å². The van der Waals surface area contributed by atoms with E-state index < -0.39 is 0 Å². The van der Waals surface area contributed by atoms with Crippen molar-refractivity contribution in [3.05, 3.63) is 52.2 Å². The first kappa shape index (κ1) is 11.8. The zero-order chi connectivity index (χ0) is 12.4. The van der Waals surface area contributed by atoms with E-state index in [4.69, 9.17) is 0 Å². The molecule has 1 unspecified atom stereocenters. The highest BCUT2D eigenvalue weighted by Gasteiger charge is 2.31. The van der Waals surface area contributed by atoms with Crippen LogP contribution in [0.15, 0.2) is 35.8 Å². The number of aromatic nitrogens is 1. The van der Waals surface area contributed by atoms with Crippen molar-refractivity contribution < 1.29 is 4.39 Å². The van der Waals surface area contributed by atoms with E-state index in [-0.39, 0.29) is 5.82 Å². The van der Waals surface area contributed by atoms with Crippen LogP contribution < -0.4 is 5.32 Å². The van der Waals surface area contributed by atoms with Gasteiger partial charge in [-0.3, -0.25) is 0 Å². The lowest BCUT2D eigenvalue weighted by Crippen LogP contribution is -2.22. The van der Waals surface area contributed by atoms with E-state index in [0.717, 1.165) is 11.6 Å². The van der Waals surface area contributed by atoms with Crippen molar-refractivity contribution in [2.24, 2.45) is 5.92 Å². The molecule has 2 aromatic rings. The largest absolute Gasteiger partial charge is 0.303 e. The van der Waals surface area contributed by atoms with E-state index in [2.05, 4.69) is 10.3 Å². The maximum atomic E-state index is 12.9. The summed E-state index contributed by atoms with van der Waals surface area (Å²) < 4.78 is 12.9. The summed E-state index contributed by atoms with van der Waals surface area (Å²) in [7, 11) is 0. The Morgan fingerprint density at radius 3 is 2.72 bits per heavy atom. The summed E-state index contributed by atoms with van der Waals surface area (Å²) in [6, 6.07) is 7.17. The van der Waals surface area contributed by atoms with Gasteiger partial charge < -0.3 is 5.32 Å². The zero-order valence-electron chi connectivity index (χ0n) is 9.97. The minimum absolute atomic E-state index is 0.173. The summed E-state index contributed by atoms with van der Waals surface area (Å²) in [4.78, 5) is 4.27. The third-order valence-electron chi connectivity index (χ3n) is 3.28. The summed E-state index contributed by atoms with van der Waals surface area (Å²) in [6.07, 6.45) is 4.34. The number of nitrogens with zero attached hydrogens (tertiary/aromatic N) is 1. The summed E-state index contributed by atoms with van der Waals surface area (Å²) in [5.41, 5.74) is 1.18. The zero-order valence-corrected chi connectivity index (χ0v) is 10.8. The lowest BCUT2D eigenvalue weighted by atomic mass is 10.0. The maximum absolute atomic E-state index is 12.9. The molecule has 1 atom stereocenters. The quantitative estimate of drug-likeness (QED) is 0.891. The fourth-order valence-electron chi connectivity index (χ4n) is 2.19. The summed E-state index contributed by atoms with van der Waals surface area (Å²) >= 11 is 1.66. The van der Waals surface area contributed by atoms with Gasteiger partial charge >= 0.3 is 0 Å². The molecule has 1 aromatic carbocycles. The highest BCUT2D eigenvalue weighted by molar-refractivity contribution is 7.09. The number of benzene rings is 1. The third kappa shape index (κ3) is 2.76. The van der Waals surface area contributed by atoms with Crippen LogP contribution in [0.4, 0.5) is 4.39 Å². The molecule has 4 heteroatoms. The first-order chi connectivity index (χ1) is 8.83. The molecule has 1 N–H and O–H groups in total. The van der Waals surface area contributed by atoms with Crippen LogP contribution in [0.3, 0.4) is 0 Å². The van der Waals surface area contributed by atoms with Crippen molar-refractivity contribution in [1.29, 1.82) is 0 Å². The lowest BCUT2D eigenvalue weighted by molar-refractivity contribution is 0.478. The minimum Gasteiger partial charge on any atom is -0.303 e. The SMILES string of the molecule is Fc1ccc(C(NCc2nccs2)C2CC2)cc1. The molecule has 1 aromatic heterocycles. The van der Waals surface area contributed by atoms with Gasteiger partial charge in [-0.15, -0.1) is 11.3 Å². The molecule has 94 valence electrons. The van der Waals surface area contributed by atoms with Crippen LogP contribution in [0.2, 0.25) is 0 Å². The van der Waals surface area contributed by atoms with Crippen LogP contribution in [0.5, 0.6) is 0 Å². The van der Waals surface area contributed by atoms with Crippen LogP contribution in [-0.2, 0) is 6.54 Å². The molecule has 0 aliphatic heterocycles. The molecule has 0 spiro atoms. The van der Waals surface area contributed by atoms with E-state index in [9.17, 15) is 4.39 Å². The molecular formula is C14H15FN2S. The summed E-state index contributed by atoms with van der Waals surface area (Å²) in [6.45, 7) is 0.788. The Morgan fingerprint density at radius 2 is 2.11 bits per heavy atom. The van der Waals surface area contributed by atoms with Gasteiger partial charge in [0.25, 0.3) is 0 Å². The van der Waals surface area contributed by atoms with Gasteiger partial charge in [0.15, 0.2) is 0 Å². The highest BCUT2D eigenvalue weighted by Crippen LogP contribution is 2.41. The standard InChI is InChI=1S/C14H15FN2S/c15-12-5-3-11(4-6-12)14(10-1-2-10)17-9-13-16-7-8-18-13/h3-8,10,14,17H,1-2,9H2. The second-order valence-electron chi connectivity index (χ2n) is 4.67. The van der Waals surface area contributed by atoms with Crippen molar-refractivity contribution >= 4 is 11.3 Å². The molecule has 0 amide bonds. The fraction of sp³-hybridized carbons (Fsp3) is 0.357. The molecule has 1 saturated carbocycles. The number of thiazole rings is 1. The van der Waals surface area contributed by atoms with Gasteiger partial charge in [0.2, 0.25) is 0 Å². The molecule has 3 rings (SSSR count). The molecule has 0 saturated heterocycles. The summed E-state index contributed by atoms with van der Waals surface area (Å²) in [5, 5.41) is 6.63. The van der Waals surface area contributed by atoms with E-state index in [0.29, 0.717) is 12.0 Å². The van der Waals surface area contributed by atoms with Crippen molar-refractivity contribution in [3.63, 3.8) is 0 Å². The Morgan fingerprint density at radius 1 is 1.33 bits per heavy atom. The first-order valence-corrected chi connectivity index (χ1v) is 7.08. The molecule has 0 bridgehead atoms. The molecule has 2 nitrogen and oxygen atoms in total. The number of hydrogen-bond acceptors (Lipinski definition) is 3. The van der Waals surface area contributed by atoms with Crippen molar-refractivity contribution in [1.82, 2.24) is 10.3 Å². The van der Waals surface area contributed by atoms with Crippen LogP contribution in [0, 0.1) is 11.7 Å². The Hall–Kier alpha value is -1.26. The smallest absolute Gasteiger partial charge is 0.123 e. The van der Waals surface area contributed by atoms with Gasteiger partial charge in [-0.05, 0) is 36.5 Å². The molecular weight excluding hydrogens is 247 g/mol. The van der Waals surface area contributed by atoms with E-state index >= 15 is 0 Å². The predicted molar refractivity (Wildman–Crippen MR) is 70.8 cm³/mol. The summed E-state index contributed by atoms with van der Waals surface area (Å²) in [5.74, 6) is 0.517. The van der Waals surface area contributed by atoms with Crippen LogP contribution >= 0.6 is 11.3 Å². The third-order valence-corrected chi connectivity index (χ3v) is 4.06. The van der Waals surface area contributed by atoms with E-state index in [1.165, 1.54) is 30.5 Å². The van der Waals surface area contributed by atoms with Gasteiger partial charge in [0.05, 0.1) is 0 Å². The predicted octanol–water partition coefficient (Wildman–Crippen LogP) is 3.52. The molecule has 1 heterocycles. The number of nitrogens with one attached hydrogen (secondary N) is 1. The minimum atomic E-state index is -0.173. The lowest BCUT2D eigenvalue weighted by Gasteiger charge is -2.18. The van der Waals surface area contributed by atoms with Crippen LogP contribution in [0.1, 0.15) is 29.5 Å². The van der Waals surface area contributed by atoms with Gasteiger partial charge in [0, 0.05) is 24.2 Å². The van der Waals surface area contributed by atoms with E-state index in [1.54, 1.807) is 11.3 Å². The molecule has 0 radical (unpaired) electrons. The molecule has 1 fully saturated rings. The van der Waals surface area contributed by atoms with Gasteiger partial charge in [0.1, 0.15) is 10.8 Å². The number of hydrogen-bond donors (Lipinski definition) is 1. The molecule has 1 aliphatic carbocycles. The topological polar surface area (TPSA) is 24.9 Å². The Kier molecular flexibility index (Phi) is 3.39. The Bertz CT molecular complexity index is 491. The number of rotatable bonds is 5.